The molecule has 2 N–H and O–H groups in total. The van der Waals surface area contributed by atoms with E-state index in [2.05, 4.69) is 0 Å². The summed E-state index contributed by atoms with van der Waals surface area (Å²) in [6.45, 7) is 0. The van der Waals surface area contributed by atoms with Gasteiger partial charge in [-0.15, -0.1) is 0 Å². The molecule has 0 saturated carbocycles. The quantitative estimate of drug-likeness (QED) is 0.504. The molecule has 0 aromatic carbocycles. The van der Waals surface area contributed by atoms with Crippen LogP contribution in [-0.2, 0) is 0 Å². The van der Waals surface area contributed by atoms with E-state index in [9.17, 15) is 0 Å². The Kier molecular flexibility index (Phi) is 7.40. The first-order valence-electron chi connectivity index (χ1n) is 0.651. The van der Waals surface area contributed by atoms with Crippen molar-refractivity contribution in [3.8, 4) is 0 Å². The fraction of sp³-hybridized carbons (Fsp3) is 0. The minimum absolute atomic E-state index is 0. The van der Waals surface area contributed by atoms with Gasteiger partial charge in [-0.1, -0.05) is 0 Å². The minimum atomic E-state index is -1.83. The molecule has 4 heteroatoms. The Balaban J connectivity index is 0. The van der Waals surface area contributed by atoms with E-state index in [1.807, 2.05) is 0 Å². The van der Waals surface area contributed by atoms with Gasteiger partial charge in [-0.2, -0.15) is 0 Å². The number of rotatable bonds is 0. The Hall–Kier alpha value is 0.140. The molecule has 0 bridgehead atoms. The zero-order chi connectivity index (χ0) is 3.58. The molecule has 0 unspecified atom stereocenters. The molecule has 0 aliphatic rings. The van der Waals surface area contributed by atoms with E-state index in [-0.39, 0.29) is 25.8 Å². The predicted molar refractivity (Wildman–Crippen MR) is 20.6 cm³/mol. The van der Waals surface area contributed by atoms with E-state index in [4.69, 9.17) is 15.0 Å². The molecule has 0 rings (SSSR count). The molecule has 0 fully saturated rings. The Bertz CT molecular complexity index is 29.9. The molecule has 5 heavy (non-hydrogen) atoms. The van der Waals surface area contributed by atoms with Crippen LogP contribution in [0.3, 0.4) is 0 Å². The van der Waals surface area contributed by atoms with E-state index in [0.717, 1.165) is 0 Å². The Morgan fingerprint density at radius 2 is 1.40 bits per heavy atom. The van der Waals surface area contributed by atoms with Crippen molar-refractivity contribution in [3.05, 3.63) is 0 Å². The first-order chi connectivity index (χ1) is 1.73. The third kappa shape index (κ3) is 966. The Morgan fingerprint density at radius 3 is 1.40 bits per heavy atom. The molecule has 0 aliphatic heterocycles. The zero-order valence-electron chi connectivity index (χ0n) is 1.80. The fourth-order valence-corrected chi connectivity index (χ4v) is 0. The summed E-state index contributed by atoms with van der Waals surface area (Å²) in [6, 6.07) is 0. The van der Waals surface area contributed by atoms with Crippen molar-refractivity contribution >= 4 is 32.0 Å². The molecule has 0 aromatic heterocycles. The van der Waals surface area contributed by atoms with E-state index in [1.54, 1.807) is 0 Å². The number of hydrogen-bond donors (Lipinski definition) is 2. The van der Waals surface area contributed by atoms with Crippen molar-refractivity contribution in [3.63, 3.8) is 0 Å². The van der Waals surface area contributed by atoms with Crippen molar-refractivity contribution in [1.82, 2.24) is 0 Å². The second-order valence-corrected chi connectivity index (χ2v) is 0.283. The first kappa shape index (κ1) is 8.94. The molecule has 30 valence electrons. The van der Waals surface area contributed by atoms with E-state index in [0.29, 0.717) is 0 Å². The van der Waals surface area contributed by atoms with Crippen molar-refractivity contribution in [2.24, 2.45) is 0 Å². The fourth-order valence-electron chi connectivity index (χ4n) is 0. The SMILES string of the molecule is O=C(O)O.[InH3]. The zero-order valence-corrected chi connectivity index (χ0v) is 1.80. The van der Waals surface area contributed by atoms with Crippen LogP contribution in [0.25, 0.3) is 0 Å². The summed E-state index contributed by atoms with van der Waals surface area (Å²) in [7, 11) is 0. The maximum absolute atomic E-state index is 8.56. The van der Waals surface area contributed by atoms with Gasteiger partial charge in [0.1, 0.15) is 0 Å². The third-order valence-electron chi connectivity index (χ3n) is 0. The van der Waals surface area contributed by atoms with Crippen LogP contribution in [-0.4, -0.2) is 42.2 Å². The standard InChI is InChI=1S/CH2O3.In.3H/c2-1(3)4;;;;/h(H2,2,3,4);;;;. The van der Waals surface area contributed by atoms with Crippen molar-refractivity contribution in [2.75, 3.05) is 0 Å². The molecule has 0 heterocycles. The van der Waals surface area contributed by atoms with Crippen molar-refractivity contribution in [2.45, 2.75) is 0 Å². The van der Waals surface area contributed by atoms with Crippen LogP contribution in [0.1, 0.15) is 0 Å². The number of hydrogen-bond acceptors (Lipinski definition) is 1. The second kappa shape index (κ2) is 4.14. The second-order valence-electron chi connectivity index (χ2n) is 0.283. The molecule has 0 aliphatic carbocycles. The van der Waals surface area contributed by atoms with Crippen LogP contribution in [0.4, 0.5) is 4.79 Å². The summed E-state index contributed by atoms with van der Waals surface area (Å²) in [5.74, 6) is 0. The van der Waals surface area contributed by atoms with Gasteiger partial charge in [0.2, 0.25) is 0 Å². The van der Waals surface area contributed by atoms with Crippen LogP contribution in [0.15, 0.2) is 0 Å². The average Bonchev–Trinajstić information content (AvgIpc) is 0.811. The summed E-state index contributed by atoms with van der Waals surface area (Å²) >= 11 is 0. The molecular formula is CH5InO3. The van der Waals surface area contributed by atoms with Gasteiger partial charge in [-0.05, 0) is 0 Å². The molecule has 3 nitrogen and oxygen atoms in total. The predicted octanol–water partition coefficient (Wildman–Crippen LogP) is -0.962. The van der Waals surface area contributed by atoms with Crippen LogP contribution in [0.5, 0.6) is 0 Å². The van der Waals surface area contributed by atoms with E-state index >= 15 is 0 Å². The van der Waals surface area contributed by atoms with Gasteiger partial charge in [0.15, 0.2) is 0 Å². The summed E-state index contributed by atoms with van der Waals surface area (Å²) in [6.07, 6.45) is -1.83. The third-order valence-corrected chi connectivity index (χ3v) is 0. The monoisotopic (exact) mass is 180 g/mol. The van der Waals surface area contributed by atoms with Crippen LogP contribution in [0, 0.1) is 0 Å². The Labute approximate surface area is 47.4 Å². The molecule has 0 aromatic rings. The normalized spacial score (nSPS) is 4.80. The van der Waals surface area contributed by atoms with Crippen LogP contribution < -0.4 is 0 Å². The molecule has 0 saturated heterocycles. The summed E-state index contributed by atoms with van der Waals surface area (Å²) in [4.78, 5) is 8.56. The van der Waals surface area contributed by atoms with Crippen LogP contribution in [0.2, 0.25) is 0 Å². The summed E-state index contributed by atoms with van der Waals surface area (Å²) in [5, 5.41) is 13.9. The molecular weight excluding hydrogens is 175 g/mol. The van der Waals surface area contributed by atoms with Gasteiger partial charge in [0.05, 0.1) is 0 Å². The molecule has 0 radical (unpaired) electrons. The molecule has 0 atom stereocenters. The van der Waals surface area contributed by atoms with E-state index in [1.165, 1.54) is 0 Å². The first-order valence-corrected chi connectivity index (χ1v) is 0.651. The van der Waals surface area contributed by atoms with Crippen molar-refractivity contribution < 1.29 is 15.0 Å². The molecule has 0 spiro atoms. The topological polar surface area (TPSA) is 57.5 Å². The van der Waals surface area contributed by atoms with Gasteiger partial charge < -0.3 is 10.2 Å². The summed E-state index contributed by atoms with van der Waals surface area (Å²) in [5.41, 5.74) is 0. The van der Waals surface area contributed by atoms with E-state index < -0.39 is 6.16 Å². The van der Waals surface area contributed by atoms with Gasteiger partial charge >= 0.3 is 32.0 Å². The maximum atomic E-state index is 8.56. The van der Waals surface area contributed by atoms with Gasteiger partial charge in [0, 0.05) is 0 Å². The Morgan fingerprint density at radius 1 is 1.40 bits per heavy atom. The molecule has 0 amide bonds. The van der Waals surface area contributed by atoms with Crippen molar-refractivity contribution in [1.29, 1.82) is 0 Å². The average molecular weight is 180 g/mol. The van der Waals surface area contributed by atoms with Gasteiger partial charge in [-0.3, -0.25) is 0 Å². The summed E-state index contributed by atoms with van der Waals surface area (Å²) < 4.78 is 0. The van der Waals surface area contributed by atoms with Gasteiger partial charge in [0.25, 0.3) is 0 Å². The number of carboxylic acid groups (broad SMARTS) is 2. The van der Waals surface area contributed by atoms with Gasteiger partial charge in [-0.25, -0.2) is 4.79 Å². The van der Waals surface area contributed by atoms with Crippen LogP contribution >= 0.6 is 0 Å². The number of carbonyl (C=O) groups is 1.